The van der Waals surface area contributed by atoms with Gasteiger partial charge in [0.2, 0.25) is 0 Å². The molecule has 0 heterocycles. The van der Waals surface area contributed by atoms with Gasteiger partial charge in [-0.15, -0.1) is 0 Å². The average Bonchev–Trinajstić information content (AvgIpc) is 2.92. The Morgan fingerprint density at radius 3 is 1.79 bits per heavy atom. The molecule has 0 atom stereocenters. The standard InChI is InChI=1S/C31H32N2O13S.Na/c1-17-7-19(9-21(30(17)42)11-32(13-25(34)35)14-26(36)37)29(23-5-3-4-6-24(23)47(44,45)46)20-8-18(2)31(43)22(10-20)12-33(15-27(38)39)16-28(40)41;/h3-10,42H,11-16H2,1-2H3,(H,34,35)(H,36,37)(H,38,39)(H,40,41)(H,44,45,46);/q;+1/p-1/b29-20-;. The quantitative estimate of drug-likeness (QED) is 0.103. The fourth-order valence-electron chi connectivity index (χ4n) is 5.18. The number of aliphatic carboxylic acids is 4. The molecule has 2 aromatic carbocycles. The van der Waals surface area contributed by atoms with E-state index in [-0.39, 0.29) is 86.4 Å². The van der Waals surface area contributed by atoms with E-state index in [2.05, 4.69) is 0 Å². The molecule has 0 amide bonds. The van der Waals surface area contributed by atoms with Gasteiger partial charge in [-0.1, -0.05) is 18.2 Å². The van der Waals surface area contributed by atoms with Crippen molar-refractivity contribution in [1.29, 1.82) is 0 Å². The Labute approximate surface area is 297 Å². The molecule has 0 spiro atoms. The number of carboxylic acids is 4. The predicted octanol–water partition coefficient (Wildman–Crippen LogP) is -1.69. The maximum Gasteiger partial charge on any atom is 1.00 e. The van der Waals surface area contributed by atoms with Gasteiger partial charge in [0.15, 0.2) is 5.78 Å². The van der Waals surface area contributed by atoms with Crippen LogP contribution in [0.4, 0.5) is 0 Å². The van der Waals surface area contributed by atoms with Crippen molar-refractivity contribution < 1.29 is 92.0 Å². The molecule has 0 aromatic heterocycles. The van der Waals surface area contributed by atoms with Gasteiger partial charge in [-0.2, -0.15) is 0 Å². The average molecular weight is 695 g/mol. The smallest absolute Gasteiger partial charge is 0.744 e. The third-order valence-electron chi connectivity index (χ3n) is 6.96. The maximum absolute atomic E-state index is 13.2. The number of hydrogen-bond donors (Lipinski definition) is 5. The van der Waals surface area contributed by atoms with Crippen LogP contribution in [0.5, 0.6) is 5.75 Å². The first kappa shape index (κ1) is 40.0. The van der Waals surface area contributed by atoms with Gasteiger partial charge in [0.25, 0.3) is 0 Å². The van der Waals surface area contributed by atoms with Crippen LogP contribution in [0, 0.1) is 6.92 Å². The number of carbonyl (C=O) groups is 5. The van der Waals surface area contributed by atoms with Gasteiger partial charge in [0.1, 0.15) is 15.9 Å². The summed E-state index contributed by atoms with van der Waals surface area (Å²) in [6, 6.07) is 8.00. The Kier molecular flexibility index (Phi) is 14.0. The van der Waals surface area contributed by atoms with Crippen molar-refractivity contribution in [1.82, 2.24) is 9.80 Å². The molecule has 15 nitrogen and oxygen atoms in total. The number of carboxylic acid groups (broad SMARTS) is 4. The molecule has 250 valence electrons. The van der Waals surface area contributed by atoms with Gasteiger partial charge in [-0.05, 0) is 72.0 Å². The predicted molar refractivity (Wildman–Crippen MR) is 162 cm³/mol. The first-order valence-electron chi connectivity index (χ1n) is 13.7. The van der Waals surface area contributed by atoms with Gasteiger partial charge in [0.05, 0.1) is 31.1 Å². The zero-order chi connectivity index (χ0) is 35.2. The summed E-state index contributed by atoms with van der Waals surface area (Å²) < 4.78 is 37.2. The Balaban J connectivity index is 0.00000800. The number of benzene rings is 2. The van der Waals surface area contributed by atoms with Crippen LogP contribution >= 0.6 is 0 Å². The van der Waals surface area contributed by atoms with Crippen molar-refractivity contribution in [2.75, 3.05) is 32.7 Å². The number of allylic oxidation sites excluding steroid dienone is 4. The minimum absolute atomic E-state index is 0. The topological polar surface area (TPSA) is 250 Å². The first-order chi connectivity index (χ1) is 21.9. The van der Waals surface area contributed by atoms with Crippen molar-refractivity contribution >= 4 is 45.4 Å². The van der Waals surface area contributed by atoms with Gasteiger partial charge in [0, 0.05) is 29.8 Å². The van der Waals surface area contributed by atoms with E-state index in [0.717, 1.165) is 15.9 Å². The van der Waals surface area contributed by atoms with E-state index in [1.165, 1.54) is 56.3 Å². The number of aromatic hydroxyl groups is 1. The fraction of sp³-hybridized carbons (Fsp3) is 0.258. The largest absolute Gasteiger partial charge is 1.00 e. The van der Waals surface area contributed by atoms with Gasteiger partial charge >= 0.3 is 53.4 Å². The van der Waals surface area contributed by atoms with Crippen molar-refractivity contribution in [3.63, 3.8) is 0 Å². The van der Waals surface area contributed by atoms with Gasteiger partial charge < -0.3 is 30.1 Å². The molecule has 0 saturated carbocycles. The molecule has 0 saturated heterocycles. The van der Waals surface area contributed by atoms with Crippen molar-refractivity contribution in [2.45, 2.75) is 25.3 Å². The zero-order valence-corrected chi connectivity index (χ0v) is 29.0. The third-order valence-corrected chi connectivity index (χ3v) is 7.85. The summed E-state index contributed by atoms with van der Waals surface area (Å²) in [4.78, 5) is 60.2. The second kappa shape index (κ2) is 16.8. The van der Waals surface area contributed by atoms with Gasteiger partial charge in [-0.3, -0.25) is 33.8 Å². The van der Waals surface area contributed by atoms with Crippen LogP contribution in [0.3, 0.4) is 0 Å². The molecule has 0 bridgehead atoms. The Bertz CT molecular complexity index is 1820. The van der Waals surface area contributed by atoms with Crippen LogP contribution in [0.25, 0.3) is 5.57 Å². The van der Waals surface area contributed by atoms with Crippen LogP contribution in [-0.4, -0.2) is 111 Å². The second-order valence-electron chi connectivity index (χ2n) is 10.8. The molecule has 2 aromatic rings. The number of nitrogens with zero attached hydrogens (tertiary/aromatic N) is 2. The molecule has 0 aliphatic heterocycles. The van der Waals surface area contributed by atoms with Crippen LogP contribution in [0.2, 0.25) is 0 Å². The number of rotatable bonds is 15. The molecule has 3 rings (SSSR count). The summed E-state index contributed by atoms with van der Waals surface area (Å²) >= 11 is 0. The van der Waals surface area contributed by atoms with E-state index < -0.39 is 77.4 Å². The normalized spacial score (nSPS) is 14.2. The Morgan fingerprint density at radius 2 is 1.29 bits per heavy atom. The van der Waals surface area contributed by atoms with Crippen molar-refractivity contribution in [2.24, 2.45) is 0 Å². The third kappa shape index (κ3) is 10.7. The van der Waals surface area contributed by atoms with E-state index in [0.29, 0.717) is 0 Å². The molecule has 5 N–H and O–H groups in total. The first-order valence-corrected chi connectivity index (χ1v) is 15.2. The van der Waals surface area contributed by atoms with E-state index in [4.69, 9.17) is 0 Å². The summed E-state index contributed by atoms with van der Waals surface area (Å²) in [6.45, 7) is -0.678. The Hall–Kier alpha value is -4.16. The molecule has 1 aliphatic carbocycles. The van der Waals surface area contributed by atoms with E-state index in [9.17, 15) is 62.5 Å². The summed E-state index contributed by atoms with van der Waals surface area (Å²) in [5.41, 5.74) is 0.684. The molecular weight excluding hydrogens is 663 g/mol. The maximum atomic E-state index is 13.2. The van der Waals surface area contributed by atoms with E-state index in [1.807, 2.05) is 0 Å². The van der Waals surface area contributed by atoms with E-state index in [1.54, 1.807) is 0 Å². The van der Waals surface area contributed by atoms with Gasteiger partial charge in [-0.25, -0.2) is 8.42 Å². The fourth-order valence-corrected chi connectivity index (χ4v) is 5.86. The molecule has 48 heavy (non-hydrogen) atoms. The molecule has 0 unspecified atom stereocenters. The van der Waals surface area contributed by atoms with Crippen LogP contribution < -0.4 is 29.6 Å². The second-order valence-corrected chi connectivity index (χ2v) is 12.1. The summed E-state index contributed by atoms with van der Waals surface area (Å²) in [5, 5.41) is 48.1. The van der Waals surface area contributed by atoms with Crippen LogP contribution in [0.15, 0.2) is 70.2 Å². The molecule has 17 heteroatoms. The van der Waals surface area contributed by atoms with Crippen molar-refractivity contribution in [3.8, 4) is 5.75 Å². The van der Waals surface area contributed by atoms with Crippen LogP contribution in [0.1, 0.15) is 29.2 Å². The zero-order valence-electron chi connectivity index (χ0n) is 26.2. The minimum atomic E-state index is -5.10. The number of phenolic OH excluding ortho intramolecular Hbond substituents is 1. The molecule has 0 fully saturated rings. The minimum Gasteiger partial charge on any atom is -0.744 e. The van der Waals surface area contributed by atoms with Crippen LogP contribution in [-0.2, 0) is 40.6 Å². The summed E-state index contributed by atoms with van der Waals surface area (Å²) in [6.07, 6.45) is 2.72. The number of aryl methyl sites for hydroxylation is 1. The number of phenols is 1. The van der Waals surface area contributed by atoms with E-state index >= 15 is 0 Å². The Morgan fingerprint density at radius 1 is 0.792 bits per heavy atom. The summed E-state index contributed by atoms with van der Waals surface area (Å²) in [7, 11) is -5.10. The molecular formula is C31H31N2NaO13S. The number of ketones is 1. The molecule has 1 aliphatic rings. The number of Topliss-reactive ketones (excluding diaryl/α,β-unsaturated/α-hetero) is 1. The molecule has 0 radical (unpaired) electrons. The monoisotopic (exact) mass is 694 g/mol. The van der Waals surface area contributed by atoms with Crippen molar-refractivity contribution in [3.05, 3.63) is 87.5 Å². The number of hydrogen-bond acceptors (Lipinski definition) is 11. The summed E-state index contributed by atoms with van der Waals surface area (Å²) in [5.74, 6) is -6.20. The SMILES string of the molecule is CC1=C/C(=C(\c2cc(C)c(O)c(CN(CC(=O)O)CC(=O)O)c2)c2ccccc2S(=O)(=O)[O-])C=C(CN(CC(=O)O)CC(=O)O)C1=O.[Na+]. The number of carbonyl (C=O) groups excluding carboxylic acids is 1.